The molecule has 0 radical (unpaired) electrons. The molecule has 1 amide bonds. The third-order valence-electron chi connectivity index (χ3n) is 5.84. The highest BCUT2D eigenvalue weighted by Gasteiger charge is 2.36. The van der Waals surface area contributed by atoms with E-state index in [2.05, 4.69) is 15.5 Å². The zero-order valence-corrected chi connectivity index (χ0v) is 22.0. The van der Waals surface area contributed by atoms with E-state index in [1.54, 1.807) is 21.3 Å². The minimum Gasteiger partial charge on any atom is -0.377 e. The molecule has 0 bridgehead atoms. The Labute approximate surface area is 207 Å². The molecule has 0 unspecified atom stereocenters. The summed E-state index contributed by atoms with van der Waals surface area (Å²) in [5, 5.41) is 11.6. The Bertz CT molecular complexity index is 1100. The molecule has 9 nitrogen and oxygen atoms in total. The first kappa shape index (κ1) is 26.4. The maximum absolute atomic E-state index is 12.5. The Hall–Kier alpha value is -3.18. The number of carbonyl (C=O) groups excluding carboxylic acids is 1. The second-order valence-corrected chi connectivity index (χ2v) is 11.3. The maximum Gasteiger partial charge on any atom is 0.500 e. The van der Waals surface area contributed by atoms with Crippen molar-refractivity contribution in [3.05, 3.63) is 77.6 Å². The molecular weight excluding hydrogens is 462 g/mol. The summed E-state index contributed by atoms with van der Waals surface area (Å²) in [6.07, 6.45) is 5.35. The van der Waals surface area contributed by atoms with E-state index in [0.717, 1.165) is 29.2 Å². The van der Waals surface area contributed by atoms with E-state index in [9.17, 15) is 4.79 Å². The molecule has 35 heavy (non-hydrogen) atoms. The first-order valence-corrected chi connectivity index (χ1v) is 13.4. The van der Waals surface area contributed by atoms with Crippen molar-refractivity contribution in [2.45, 2.75) is 18.9 Å². The quantitative estimate of drug-likeness (QED) is 0.178. The van der Waals surface area contributed by atoms with Crippen LogP contribution in [0.3, 0.4) is 0 Å². The first-order chi connectivity index (χ1) is 16.9. The molecule has 0 aliphatic heterocycles. The Morgan fingerprint density at radius 1 is 0.971 bits per heavy atom. The predicted octanol–water partition coefficient (Wildman–Crippen LogP) is 3.85. The molecule has 0 saturated carbocycles. The Morgan fingerprint density at radius 2 is 1.57 bits per heavy atom. The van der Waals surface area contributed by atoms with Gasteiger partial charge in [0.15, 0.2) is 0 Å². The van der Waals surface area contributed by atoms with Gasteiger partial charge in [-0.1, -0.05) is 29.4 Å². The minimum atomic E-state index is -2.60. The van der Waals surface area contributed by atoms with Gasteiger partial charge in [0.25, 0.3) is 5.91 Å². The van der Waals surface area contributed by atoms with Crippen LogP contribution in [-0.2, 0) is 33.8 Å². The van der Waals surface area contributed by atoms with E-state index < -0.39 is 8.80 Å². The number of carbonyl (C=O) groups is 1. The van der Waals surface area contributed by atoms with Gasteiger partial charge in [-0.15, -0.1) is 0 Å². The SMILES string of the molecule is CO[Si](CCCNC(=O)c1ccc(Cc2ccc(N=Nc3n(C)cc[n+]3C)cc2)cc1)(OC)OC. The molecule has 3 rings (SSSR count). The third kappa shape index (κ3) is 7.15. The van der Waals surface area contributed by atoms with Crippen molar-refractivity contribution in [3.63, 3.8) is 0 Å². The van der Waals surface area contributed by atoms with Gasteiger partial charge in [0, 0.05) is 44.6 Å². The van der Waals surface area contributed by atoms with Crippen molar-refractivity contribution in [2.24, 2.45) is 24.3 Å². The van der Waals surface area contributed by atoms with Crippen molar-refractivity contribution in [1.82, 2.24) is 9.88 Å². The van der Waals surface area contributed by atoms with E-state index >= 15 is 0 Å². The summed E-state index contributed by atoms with van der Waals surface area (Å²) in [6, 6.07) is 16.3. The number of benzene rings is 2. The third-order valence-corrected chi connectivity index (χ3v) is 8.67. The van der Waals surface area contributed by atoms with Gasteiger partial charge in [-0.2, -0.15) is 0 Å². The van der Waals surface area contributed by atoms with E-state index in [1.807, 2.05) is 84.2 Å². The summed E-state index contributed by atoms with van der Waals surface area (Å²) < 4.78 is 20.0. The lowest BCUT2D eigenvalue weighted by Crippen LogP contribution is -2.43. The molecule has 0 atom stereocenters. The molecule has 0 fully saturated rings. The molecule has 0 aliphatic carbocycles. The van der Waals surface area contributed by atoms with E-state index in [4.69, 9.17) is 13.3 Å². The van der Waals surface area contributed by atoms with E-state index in [0.29, 0.717) is 24.6 Å². The first-order valence-electron chi connectivity index (χ1n) is 11.4. The zero-order chi connectivity index (χ0) is 25.3. The van der Waals surface area contributed by atoms with Crippen LogP contribution in [0.15, 0.2) is 71.2 Å². The largest absolute Gasteiger partial charge is 0.500 e. The Balaban J connectivity index is 1.49. The fraction of sp³-hybridized carbons (Fsp3) is 0.360. The number of rotatable bonds is 12. The molecule has 0 saturated heterocycles. The predicted molar refractivity (Wildman–Crippen MR) is 135 cm³/mol. The van der Waals surface area contributed by atoms with E-state index in [1.165, 1.54) is 0 Å². The van der Waals surface area contributed by atoms with Crippen molar-refractivity contribution in [2.75, 3.05) is 27.9 Å². The molecule has 1 N–H and O–H groups in total. The lowest BCUT2D eigenvalue weighted by Gasteiger charge is -2.24. The van der Waals surface area contributed by atoms with Crippen LogP contribution in [0.2, 0.25) is 6.04 Å². The number of nitrogens with zero attached hydrogens (tertiary/aromatic N) is 4. The molecule has 0 aliphatic rings. The van der Waals surface area contributed by atoms with Gasteiger partial charge < -0.3 is 18.6 Å². The molecule has 1 aromatic heterocycles. The highest BCUT2D eigenvalue weighted by Crippen LogP contribution is 2.19. The lowest BCUT2D eigenvalue weighted by molar-refractivity contribution is -0.657. The summed E-state index contributed by atoms with van der Waals surface area (Å²) in [7, 11) is 6.03. The van der Waals surface area contributed by atoms with E-state index in [-0.39, 0.29) is 5.91 Å². The van der Waals surface area contributed by atoms with Crippen LogP contribution in [0.5, 0.6) is 0 Å². The monoisotopic (exact) mass is 496 g/mol. The highest BCUT2D eigenvalue weighted by atomic mass is 28.4. The van der Waals surface area contributed by atoms with Crippen LogP contribution in [0.25, 0.3) is 0 Å². The van der Waals surface area contributed by atoms with Gasteiger partial charge in [-0.05, 0) is 48.2 Å². The number of imidazole rings is 1. The average molecular weight is 497 g/mol. The van der Waals surface area contributed by atoms with Crippen LogP contribution < -0.4 is 9.88 Å². The summed E-state index contributed by atoms with van der Waals surface area (Å²) in [4.78, 5) is 12.5. The summed E-state index contributed by atoms with van der Waals surface area (Å²) in [6.45, 7) is 0.525. The van der Waals surface area contributed by atoms with Crippen LogP contribution in [0.1, 0.15) is 27.9 Å². The molecule has 1 heterocycles. The van der Waals surface area contributed by atoms with Crippen molar-refractivity contribution >= 4 is 26.3 Å². The second kappa shape index (κ2) is 12.5. The number of amides is 1. The van der Waals surface area contributed by atoms with Crippen LogP contribution >= 0.6 is 0 Å². The van der Waals surface area contributed by atoms with Crippen molar-refractivity contribution in [1.29, 1.82) is 0 Å². The Kier molecular flexibility index (Phi) is 9.44. The minimum absolute atomic E-state index is 0.0996. The highest BCUT2D eigenvalue weighted by molar-refractivity contribution is 6.60. The second-order valence-electron chi connectivity index (χ2n) is 8.21. The smallest absolute Gasteiger partial charge is 0.377 e. The average Bonchev–Trinajstić information content (AvgIpc) is 3.21. The number of hydrogen-bond donors (Lipinski definition) is 1. The molecular formula is C25H34N5O4Si+. The van der Waals surface area contributed by atoms with Gasteiger partial charge >= 0.3 is 14.8 Å². The summed E-state index contributed by atoms with van der Waals surface area (Å²) >= 11 is 0. The van der Waals surface area contributed by atoms with Crippen LogP contribution in [-0.4, -0.2) is 47.2 Å². The molecule has 3 aromatic rings. The number of nitrogens with one attached hydrogen (secondary N) is 1. The zero-order valence-electron chi connectivity index (χ0n) is 21.0. The van der Waals surface area contributed by atoms with Crippen molar-refractivity contribution < 1.29 is 22.6 Å². The van der Waals surface area contributed by atoms with Crippen LogP contribution in [0, 0.1) is 0 Å². The number of aromatic nitrogens is 2. The summed E-state index contributed by atoms with van der Waals surface area (Å²) in [5.41, 5.74) is 3.71. The molecule has 10 heteroatoms. The lowest BCUT2D eigenvalue weighted by atomic mass is 10.0. The van der Waals surface area contributed by atoms with Gasteiger partial charge in [-0.3, -0.25) is 4.79 Å². The number of hydrogen-bond acceptors (Lipinski definition) is 6. The molecule has 186 valence electrons. The fourth-order valence-electron chi connectivity index (χ4n) is 3.68. The van der Waals surface area contributed by atoms with Crippen molar-refractivity contribution in [3.8, 4) is 0 Å². The van der Waals surface area contributed by atoms with Gasteiger partial charge in [0.1, 0.15) is 5.69 Å². The Morgan fingerprint density at radius 3 is 2.11 bits per heavy atom. The fourth-order valence-corrected chi connectivity index (χ4v) is 5.40. The normalized spacial score (nSPS) is 11.8. The summed E-state index contributed by atoms with van der Waals surface area (Å²) in [5.74, 6) is 0.672. The van der Waals surface area contributed by atoms with Crippen LogP contribution in [0.4, 0.5) is 11.6 Å². The standard InChI is InChI=1S/C25H33N5O4Si/c1-29-16-17-30(2)25(29)28-27-23-13-9-21(10-14-23)19-20-7-11-22(12-8-20)24(31)26-15-6-18-35(32-3,33-4)34-5/h7-14,16-17H,6,15,18-19H2,1-5H3/p+1. The number of aryl methyl sites for hydroxylation is 2. The van der Waals surface area contributed by atoms with Gasteiger partial charge in [-0.25, -0.2) is 9.13 Å². The topological polar surface area (TPSA) is 90.3 Å². The maximum atomic E-state index is 12.5. The molecule has 0 spiro atoms. The van der Waals surface area contributed by atoms with Gasteiger partial charge in [0.2, 0.25) is 0 Å². The molecule has 2 aromatic carbocycles. The number of azo groups is 1. The van der Waals surface area contributed by atoms with Gasteiger partial charge in [0.05, 0.1) is 26.5 Å².